The normalized spacial score (nSPS) is 19.4. The van der Waals surface area contributed by atoms with Gasteiger partial charge in [0, 0.05) is 13.0 Å². The van der Waals surface area contributed by atoms with Crippen LogP contribution in [0.15, 0.2) is 24.4 Å². The van der Waals surface area contributed by atoms with E-state index in [2.05, 4.69) is 36.7 Å². The number of alkyl halides is 1. The molecule has 2 aliphatic heterocycles. The molecule has 39 heavy (non-hydrogen) atoms. The minimum Gasteiger partial charge on any atom is -0.381 e. The molecule has 4 amide bonds. The number of aromatic nitrogens is 3. The Kier molecular flexibility index (Phi) is 9.07. The van der Waals surface area contributed by atoms with E-state index in [1.54, 1.807) is 6.92 Å². The van der Waals surface area contributed by atoms with Gasteiger partial charge in [0.05, 0.1) is 30.7 Å². The molecule has 0 bridgehead atoms. The number of nitrogens with zero attached hydrogens (tertiary/aromatic N) is 3. The Hall–Kier alpha value is -4.07. The second-order valence-electron chi connectivity index (χ2n) is 9.53. The highest BCUT2D eigenvalue weighted by Gasteiger charge is 2.44. The summed E-state index contributed by atoms with van der Waals surface area (Å²) in [6.45, 7) is 2.58. The molecule has 0 radical (unpaired) electrons. The lowest BCUT2D eigenvalue weighted by molar-refractivity contribution is -0.134. The highest BCUT2D eigenvalue weighted by atomic mass is 19.1. The maximum absolute atomic E-state index is 13.8. The summed E-state index contributed by atoms with van der Waals surface area (Å²) >= 11 is 0. The number of aromatic amines is 1. The van der Waals surface area contributed by atoms with Crippen molar-refractivity contribution < 1.29 is 28.3 Å². The number of anilines is 2. The van der Waals surface area contributed by atoms with Crippen molar-refractivity contribution in [1.29, 1.82) is 0 Å². The number of hydrogen-bond acceptors (Lipinski definition) is 8. The number of para-hydroxylation sites is 1. The molecule has 1 aromatic heterocycles. The Balaban J connectivity index is 1.50. The predicted octanol–water partition coefficient (Wildman–Crippen LogP) is -0.194. The number of benzene rings is 1. The average molecular weight is 545 g/mol. The first kappa shape index (κ1) is 28.0. The molecule has 0 saturated heterocycles. The van der Waals surface area contributed by atoms with Gasteiger partial charge < -0.3 is 26.0 Å². The van der Waals surface area contributed by atoms with Gasteiger partial charge in [0.15, 0.2) is 0 Å². The number of carbonyl (C=O) groups excluding carboxylic acids is 4. The third-order valence-electron chi connectivity index (χ3n) is 6.91. The summed E-state index contributed by atoms with van der Waals surface area (Å²) in [6, 6.07) is 2.76. The van der Waals surface area contributed by atoms with Crippen LogP contribution in [0.1, 0.15) is 31.5 Å². The van der Waals surface area contributed by atoms with Gasteiger partial charge in [-0.1, -0.05) is 32.4 Å². The minimum atomic E-state index is -1.01. The summed E-state index contributed by atoms with van der Waals surface area (Å²) in [5.74, 6) is -2.16. The summed E-state index contributed by atoms with van der Waals surface area (Å²) in [5.41, 5.74) is 2.67. The number of nitrogens with one attached hydrogen (secondary N) is 5. The molecule has 5 N–H and O–H groups in total. The van der Waals surface area contributed by atoms with E-state index in [4.69, 9.17) is 4.74 Å². The number of rotatable bonds is 12. The maximum atomic E-state index is 13.8. The standard InChI is InChI=1S/C25H33FN8O5/c1-3-14(2)21(31-20(35)13-39-8-7-26)24(37)30-18-12-27-17-6-4-5-15-9-19(34(22(15)17)25(18)38)23(36)28-10-16-11-29-33-32-16/h4-6,11,14,18-19,21,27H,3,7-10,12-13H2,1-2H3,(H,28,36)(H,30,37)(H,31,35)(H,29,32,33)/t14-,18-,19-,21-/m0/s1. The summed E-state index contributed by atoms with van der Waals surface area (Å²) < 4.78 is 17.2. The van der Waals surface area contributed by atoms with Gasteiger partial charge in [0.25, 0.3) is 5.91 Å². The van der Waals surface area contributed by atoms with E-state index in [1.807, 2.05) is 25.1 Å². The van der Waals surface area contributed by atoms with Crippen LogP contribution < -0.4 is 26.2 Å². The van der Waals surface area contributed by atoms with Gasteiger partial charge in [-0.2, -0.15) is 15.4 Å². The van der Waals surface area contributed by atoms with Gasteiger partial charge in [-0.25, -0.2) is 4.39 Å². The number of amides is 4. The number of ether oxygens (including phenoxy) is 1. The van der Waals surface area contributed by atoms with Crippen molar-refractivity contribution in [2.45, 2.75) is 51.4 Å². The van der Waals surface area contributed by atoms with Crippen molar-refractivity contribution in [1.82, 2.24) is 31.4 Å². The number of halogens is 1. The van der Waals surface area contributed by atoms with Crippen molar-refractivity contribution in [3.05, 3.63) is 35.7 Å². The molecular formula is C25H33FN8O5. The van der Waals surface area contributed by atoms with Crippen LogP contribution in [0.4, 0.5) is 15.8 Å². The smallest absolute Gasteiger partial charge is 0.252 e. The number of carbonyl (C=O) groups is 4. The SMILES string of the molecule is CC[C@H](C)[C@H](NC(=O)COCCF)C(=O)N[C@H]1CNc2cccc3c2N(C1=O)[C@H](C(=O)NCc1cn[nH]n1)C3. The molecule has 0 fully saturated rings. The molecule has 14 heteroatoms. The maximum Gasteiger partial charge on any atom is 0.252 e. The van der Waals surface area contributed by atoms with Crippen LogP contribution in [0.2, 0.25) is 0 Å². The second-order valence-corrected chi connectivity index (χ2v) is 9.53. The Morgan fingerprint density at radius 2 is 2.13 bits per heavy atom. The van der Waals surface area contributed by atoms with E-state index in [-0.39, 0.29) is 38.1 Å². The lowest BCUT2D eigenvalue weighted by Crippen LogP contribution is -2.59. The van der Waals surface area contributed by atoms with Crippen LogP contribution in [0, 0.1) is 5.92 Å². The van der Waals surface area contributed by atoms with Crippen LogP contribution in [0.25, 0.3) is 0 Å². The van der Waals surface area contributed by atoms with Crippen molar-refractivity contribution in [2.75, 3.05) is 36.6 Å². The Labute approximate surface area is 224 Å². The van der Waals surface area contributed by atoms with Gasteiger partial charge in [0.2, 0.25) is 17.7 Å². The lowest BCUT2D eigenvalue weighted by atomic mass is 9.97. The van der Waals surface area contributed by atoms with E-state index >= 15 is 0 Å². The zero-order valence-electron chi connectivity index (χ0n) is 21.8. The number of H-pyrrole nitrogens is 1. The first-order valence-corrected chi connectivity index (χ1v) is 12.9. The third-order valence-corrected chi connectivity index (χ3v) is 6.91. The molecule has 0 saturated carbocycles. The molecular weight excluding hydrogens is 511 g/mol. The summed E-state index contributed by atoms with van der Waals surface area (Å²) in [7, 11) is 0. The zero-order chi connectivity index (χ0) is 27.9. The summed E-state index contributed by atoms with van der Waals surface area (Å²) in [6.07, 6.45) is 2.38. The zero-order valence-corrected chi connectivity index (χ0v) is 21.8. The van der Waals surface area contributed by atoms with Crippen molar-refractivity contribution >= 4 is 35.0 Å². The van der Waals surface area contributed by atoms with Gasteiger partial charge in [-0.05, 0) is 17.5 Å². The fourth-order valence-electron chi connectivity index (χ4n) is 4.70. The highest BCUT2D eigenvalue weighted by molar-refractivity contribution is 6.10. The monoisotopic (exact) mass is 544 g/mol. The molecule has 3 heterocycles. The molecule has 4 rings (SSSR count). The van der Waals surface area contributed by atoms with E-state index < -0.39 is 42.5 Å². The molecule has 0 spiro atoms. The third kappa shape index (κ3) is 6.33. The predicted molar refractivity (Wildman–Crippen MR) is 138 cm³/mol. The minimum absolute atomic E-state index is 0.0889. The molecule has 0 unspecified atom stereocenters. The van der Waals surface area contributed by atoms with Crippen LogP contribution in [-0.2, 0) is 36.9 Å². The largest absolute Gasteiger partial charge is 0.381 e. The Morgan fingerprint density at radius 1 is 1.31 bits per heavy atom. The average Bonchev–Trinajstić information content (AvgIpc) is 3.57. The molecule has 1 aromatic carbocycles. The van der Waals surface area contributed by atoms with Crippen LogP contribution >= 0.6 is 0 Å². The Bertz CT molecular complexity index is 1190. The molecule has 4 atom stereocenters. The second kappa shape index (κ2) is 12.7. The molecule has 210 valence electrons. The first-order chi connectivity index (χ1) is 18.8. The topological polar surface area (TPSA) is 170 Å². The van der Waals surface area contributed by atoms with Gasteiger partial charge in [0.1, 0.15) is 37.1 Å². The van der Waals surface area contributed by atoms with Crippen LogP contribution in [0.3, 0.4) is 0 Å². The van der Waals surface area contributed by atoms with Crippen LogP contribution in [-0.4, -0.2) is 83.6 Å². The molecule has 2 aromatic rings. The first-order valence-electron chi connectivity index (χ1n) is 12.9. The summed E-state index contributed by atoms with van der Waals surface area (Å²) in [5, 5.41) is 21.6. The lowest BCUT2D eigenvalue weighted by Gasteiger charge is -2.29. The highest BCUT2D eigenvalue weighted by Crippen LogP contribution is 2.40. The fraction of sp³-hybridized carbons (Fsp3) is 0.520. The fourth-order valence-corrected chi connectivity index (χ4v) is 4.70. The van der Waals surface area contributed by atoms with Gasteiger partial charge in [-0.15, -0.1) is 0 Å². The van der Waals surface area contributed by atoms with Gasteiger partial charge >= 0.3 is 0 Å². The summed E-state index contributed by atoms with van der Waals surface area (Å²) in [4.78, 5) is 54.1. The van der Waals surface area contributed by atoms with Crippen molar-refractivity contribution in [2.24, 2.45) is 5.92 Å². The van der Waals surface area contributed by atoms with E-state index in [9.17, 15) is 23.6 Å². The van der Waals surface area contributed by atoms with E-state index in [1.165, 1.54) is 11.1 Å². The van der Waals surface area contributed by atoms with Gasteiger partial charge in [-0.3, -0.25) is 24.1 Å². The molecule has 0 aliphatic carbocycles. The van der Waals surface area contributed by atoms with E-state index in [0.29, 0.717) is 29.9 Å². The molecule has 2 aliphatic rings. The van der Waals surface area contributed by atoms with E-state index in [0.717, 1.165) is 5.56 Å². The molecule has 13 nitrogen and oxygen atoms in total. The van der Waals surface area contributed by atoms with Crippen molar-refractivity contribution in [3.63, 3.8) is 0 Å². The van der Waals surface area contributed by atoms with Crippen LogP contribution in [0.5, 0.6) is 0 Å². The Morgan fingerprint density at radius 3 is 2.85 bits per heavy atom. The van der Waals surface area contributed by atoms with Crippen molar-refractivity contribution in [3.8, 4) is 0 Å². The number of hydrogen-bond donors (Lipinski definition) is 5. The quantitative estimate of drug-likeness (QED) is 0.229.